The lowest BCUT2D eigenvalue weighted by molar-refractivity contribution is 0.0949. The number of hydrogen-bond donors (Lipinski definition) is 2. The molecule has 1 amide bonds. The molecule has 2 aromatic carbocycles. The standard InChI is InChI=1S/C25H26ClN3O2/c26-23-9-5-4-8-20(23)16-27-24(30)22-11-10-21(28-25(22)31)17-29-14-12-19(13-15-29)18-6-2-1-3-7-18/h1-11,19H,12-17H2,(H,27,30)(H,28,31). The van der Waals surface area contributed by atoms with E-state index in [1.807, 2.05) is 24.3 Å². The van der Waals surface area contributed by atoms with Crippen LogP contribution in [0.25, 0.3) is 0 Å². The van der Waals surface area contributed by atoms with Gasteiger partial charge in [-0.25, -0.2) is 0 Å². The zero-order chi connectivity index (χ0) is 21.6. The van der Waals surface area contributed by atoms with Crippen molar-refractivity contribution in [3.8, 4) is 0 Å². The molecule has 3 aromatic rings. The molecule has 5 nitrogen and oxygen atoms in total. The Labute approximate surface area is 187 Å². The molecule has 2 heterocycles. The molecule has 1 fully saturated rings. The molecule has 1 aliphatic heterocycles. The number of likely N-dealkylation sites (tertiary alicyclic amines) is 1. The topological polar surface area (TPSA) is 65.2 Å². The highest BCUT2D eigenvalue weighted by Gasteiger charge is 2.21. The van der Waals surface area contributed by atoms with E-state index >= 15 is 0 Å². The molecule has 0 aliphatic carbocycles. The van der Waals surface area contributed by atoms with Gasteiger partial charge in [-0.2, -0.15) is 0 Å². The molecule has 2 N–H and O–H groups in total. The highest BCUT2D eigenvalue weighted by molar-refractivity contribution is 6.31. The highest BCUT2D eigenvalue weighted by atomic mass is 35.5. The van der Waals surface area contributed by atoms with E-state index in [2.05, 4.69) is 45.5 Å². The Hall–Kier alpha value is -2.89. The number of amides is 1. The van der Waals surface area contributed by atoms with Crippen LogP contribution in [0.2, 0.25) is 5.02 Å². The van der Waals surface area contributed by atoms with Crippen molar-refractivity contribution in [2.45, 2.75) is 31.8 Å². The van der Waals surface area contributed by atoms with E-state index in [0.29, 0.717) is 17.5 Å². The highest BCUT2D eigenvalue weighted by Crippen LogP contribution is 2.28. The molecular weight excluding hydrogens is 410 g/mol. The van der Waals surface area contributed by atoms with Gasteiger partial charge in [0, 0.05) is 23.8 Å². The summed E-state index contributed by atoms with van der Waals surface area (Å²) in [5, 5.41) is 3.35. The molecule has 4 rings (SSSR count). The number of hydrogen-bond acceptors (Lipinski definition) is 3. The normalized spacial score (nSPS) is 15.0. The predicted molar refractivity (Wildman–Crippen MR) is 123 cm³/mol. The lowest BCUT2D eigenvalue weighted by Crippen LogP contribution is -2.34. The summed E-state index contributed by atoms with van der Waals surface area (Å²) >= 11 is 6.12. The van der Waals surface area contributed by atoms with Crippen LogP contribution in [-0.4, -0.2) is 28.9 Å². The van der Waals surface area contributed by atoms with Crippen molar-refractivity contribution in [2.75, 3.05) is 13.1 Å². The maximum atomic E-state index is 12.5. The van der Waals surface area contributed by atoms with Gasteiger partial charge in [-0.3, -0.25) is 14.5 Å². The number of aromatic amines is 1. The predicted octanol–water partition coefficient (Wildman–Crippen LogP) is 4.34. The summed E-state index contributed by atoms with van der Waals surface area (Å²) in [5.74, 6) is 0.192. The van der Waals surface area contributed by atoms with E-state index in [1.54, 1.807) is 12.1 Å². The van der Waals surface area contributed by atoms with Crippen molar-refractivity contribution < 1.29 is 4.79 Å². The van der Waals surface area contributed by atoms with Gasteiger partial charge in [0.2, 0.25) is 0 Å². The van der Waals surface area contributed by atoms with Crippen molar-refractivity contribution in [1.29, 1.82) is 0 Å². The first-order valence-electron chi connectivity index (χ1n) is 10.6. The zero-order valence-corrected chi connectivity index (χ0v) is 18.1. The van der Waals surface area contributed by atoms with Crippen LogP contribution in [0.4, 0.5) is 0 Å². The molecule has 0 spiro atoms. The average molecular weight is 436 g/mol. The van der Waals surface area contributed by atoms with Gasteiger partial charge < -0.3 is 10.3 Å². The summed E-state index contributed by atoms with van der Waals surface area (Å²) in [6.45, 7) is 2.93. The molecule has 1 aliphatic rings. The van der Waals surface area contributed by atoms with Gasteiger partial charge in [0.1, 0.15) is 5.56 Å². The fourth-order valence-corrected chi connectivity index (χ4v) is 4.29. The van der Waals surface area contributed by atoms with Crippen LogP contribution in [0.15, 0.2) is 71.5 Å². The molecule has 0 saturated carbocycles. The molecule has 0 bridgehead atoms. The summed E-state index contributed by atoms with van der Waals surface area (Å²) in [7, 11) is 0. The van der Waals surface area contributed by atoms with Gasteiger partial charge in [-0.1, -0.05) is 60.1 Å². The largest absolute Gasteiger partial charge is 0.348 e. The number of piperidine rings is 1. The van der Waals surface area contributed by atoms with Crippen molar-refractivity contribution >= 4 is 17.5 Å². The minimum atomic E-state index is -0.406. The molecule has 1 saturated heterocycles. The molecular formula is C25H26ClN3O2. The molecule has 0 radical (unpaired) electrons. The van der Waals surface area contributed by atoms with Gasteiger partial charge in [0.15, 0.2) is 0 Å². The van der Waals surface area contributed by atoms with Gasteiger partial charge >= 0.3 is 0 Å². The lowest BCUT2D eigenvalue weighted by Gasteiger charge is -2.32. The van der Waals surface area contributed by atoms with Crippen LogP contribution in [0, 0.1) is 0 Å². The smallest absolute Gasteiger partial charge is 0.261 e. The summed E-state index contributed by atoms with van der Waals surface area (Å²) in [6.07, 6.45) is 2.22. The number of aromatic nitrogens is 1. The number of nitrogens with one attached hydrogen (secondary N) is 2. The van der Waals surface area contributed by atoms with E-state index < -0.39 is 5.91 Å². The third-order valence-corrected chi connectivity index (χ3v) is 6.23. The first-order chi connectivity index (χ1) is 15.1. The maximum Gasteiger partial charge on any atom is 0.261 e. The Morgan fingerprint density at radius 1 is 1.00 bits per heavy atom. The van der Waals surface area contributed by atoms with Crippen LogP contribution in [0.5, 0.6) is 0 Å². The Morgan fingerprint density at radius 3 is 2.42 bits per heavy atom. The van der Waals surface area contributed by atoms with E-state index in [1.165, 1.54) is 5.56 Å². The number of halogens is 1. The SMILES string of the molecule is O=C(NCc1ccccc1Cl)c1ccc(CN2CCC(c3ccccc3)CC2)[nH]c1=O. The minimum absolute atomic E-state index is 0.110. The molecule has 160 valence electrons. The Balaban J connectivity index is 1.32. The lowest BCUT2D eigenvalue weighted by atomic mass is 9.89. The van der Waals surface area contributed by atoms with E-state index in [9.17, 15) is 9.59 Å². The first-order valence-corrected chi connectivity index (χ1v) is 11.0. The average Bonchev–Trinajstić information content (AvgIpc) is 2.79. The van der Waals surface area contributed by atoms with Gasteiger partial charge in [-0.15, -0.1) is 0 Å². The van der Waals surface area contributed by atoms with E-state index in [4.69, 9.17) is 11.6 Å². The summed E-state index contributed by atoms with van der Waals surface area (Å²) in [5.41, 5.74) is 2.78. The Morgan fingerprint density at radius 2 is 1.71 bits per heavy atom. The van der Waals surface area contributed by atoms with Gasteiger partial charge in [0.25, 0.3) is 11.5 Å². The molecule has 31 heavy (non-hydrogen) atoms. The van der Waals surface area contributed by atoms with Gasteiger partial charge in [0.05, 0.1) is 0 Å². The summed E-state index contributed by atoms with van der Waals surface area (Å²) < 4.78 is 0. The maximum absolute atomic E-state index is 12.5. The Bertz CT molecular complexity index is 1090. The fourth-order valence-electron chi connectivity index (χ4n) is 4.09. The van der Waals surface area contributed by atoms with Crippen molar-refractivity contribution in [3.05, 3.63) is 104 Å². The number of carbonyl (C=O) groups is 1. The molecule has 0 atom stereocenters. The van der Waals surface area contributed by atoms with E-state index in [0.717, 1.165) is 37.2 Å². The van der Waals surface area contributed by atoms with Crippen LogP contribution in [0.3, 0.4) is 0 Å². The number of nitrogens with zero attached hydrogens (tertiary/aromatic N) is 1. The fraction of sp³-hybridized carbons (Fsp3) is 0.280. The second-order valence-electron chi connectivity index (χ2n) is 7.96. The van der Waals surface area contributed by atoms with Gasteiger partial charge in [-0.05, 0) is 61.2 Å². The van der Waals surface area contributed by atoms with Crippen LogP contribution >= 0.6 is 11.6 Å². The summed E-state index contributed by atoms with van der Waals surface area (Å²) in [4.78, 5) is 30.1. The number of H-pyrrole nitrogens is 1. The second-order valence-corrected chi connectivity index (χ2v) is 8.37. The number of pyridine rings is 1. The third-order valence-electron chi connectivity index (χ3n) is 5.86. The third kappa shape index (κ3) is 5.43. The molecule has 1 aromatic heterocycles. The van der Waals surface area contributed by atoms with Crippen LogP contribution in [-0.2, 0) is 13.1 Å². The minimum Gasteiger partial charge on any atom is -0.348 e. The van der Waals surface area contributed by atoms with Crippen molar-refractivity contribution in [2.24, 2.45) is 0 Å². The van der Waals surface area contributed by atoms with Crippen LogP contribution < -0.4 is 10.9 Å². The number of benzene rings is 2. The van der Waals surface area contributed by atoms with Crippen molar-refractivity contribution in [3.63, 3.8) is 0 Å². The number of rotatable bonds is 6. The second kappa shape index (κ2) is 9.94. The zero-order valence-electron chi connectivity index (χ0n) is 17.3. The van der Waals surface area contributed by atoms with E-state index in [-0.39, 0.29) is 17.7 Å². The first kappa shape index (κ1) is 21.3. The number of carbonyl (C=O) groups excluding carboxylic acids is 1. The monoisotopic (exact) mass is 435 g/mol. The quantitative estimate of drug-likeness (QED) is 0.605. The summed E-state index contributed by atoms with van der Waals surface area (Å²) in [6, 6.07) is 21.4. The van der Waals surface area contributed by atoms with Crippen molar-refractivity contribution in [1.82, 2.24) is 15.2 Å². The van der Waals surface area contributed by atoms with Crippen LogP contribution in [0.1, 0.15) is 45.9 Å². The Kier molecular flexibility index (Phi) is 6.85. The molecule has 6 heteroatoms. The molecule has 0 unspecified atom stereocenters.